The van der Waals surface area contributed by atoms with Crippen molar-refractivity contribution in [2.75, 3.05) is 13.1 Å². The van der Waals surface area contributed by atoms with E-state index in [1.165, 1.54) is 4.90 Å². The number of carbonyl (C=O) groups is 1. The van der Waals surface area contributed by atoms with Crippen LogP contribution in [0.25, 0.3) is 0 Å². The molecule has 0 spiro atoms. The van der Waals surface area contributed by atoms with Crippen LogP contribution in [0.3, 0.4) is 0 Å². The second kappa shape index (κ2) is 6.23. The van der Waals surface area contributed by atoms with Gasteiger partial charge in [-0.15, -0.1) is 0 Å². The van der Waals surface area contributed by atoms with Crippen LogP contribution in [-0.4, -0.2) is 28.8 Å². The number of amides is 1. The van der Waals surface area contributed by atoms with E-state index in [-0.39, 0.29) is 13.1 Å². The Balaban J connectivity index is 3.19. The molecule has 0 saturated carbocycles. The number of nitro groups is 1. The summed E-state index contributed by atoms with van der Waals surface area (Å²) in [7, 11) is 0. The maximum absolute atomic E-state index is 13.7. The summed E-state index contributed by atoms with van der Waals surface area (Å²) in [6, 6.07) is 0.966. The molecular formula is C13H14F2N2O3. The lowest BCUT2D eigenvalue weighted by Gasteiger charge is -2.21. The van der Waals surface area contributed by atoms with E-state index in [2.05, 4.69) is 6.58 Å². The number of benzene rings is 1. The van der Waals surface area contributed by atoms with Crippen LogP contribution in [0, 0.1) is 21.7 Å². The summed E-state index contributed by atoms with van der Waals surface area (Å²) >= 11 is 0. The standard InChI is InChI=1S/C13H14F2N2O3/c1-4-16(7-8(2)3)13(18)9-5-11(15)12(17(19)20)6-10(9)14/h5-6H,2,4,7H2,1,3H3. The lowest BCUT2D eigenvalue weighted by atomic mass is 10.1. The molecule has 20 heavy (non-hydrogen) atoms. The number of hydrogen-bond acceptors (Lipinski definition) is 3. The smallest absolute Gasteiger partial charge is 0.307 e. The van der Waals surface area contributed by atoms with Crippen molar-refractivity contribution in [3.8, 4) is 0 Å². The van der Waals surface area contributed by atoms with Crippen LogP contribution in [0.4, 0.5) is 14.5 Å². The average Bonchev–Trinajstić information content (AvgIpc) is 2.36. The maximum atomic E-state index is 13.7. The zero-order valence-electron chi connectivity index (χ0n) is 11.2. The third-order valence-corrected chi connectivity index (χ3v) is 2.59. The molecule has 0 radical (unpaired) electrons. The first-order valence-electron chi connectivity index (χ1n) is 5.85. The van der Waals surface area contributed by atoms with Crippen molar-refractivity contribution in [1.29, 1.82) is 0 Å². The van der Waals surface area contributed by atoms with Crippen molar-refractivity contribution in [1.82, 2.24) is 4.90 Å². The summed E-state index contributed by atoms with van der Waals surface area (Å²) < 4.78 is 27.2. The minimum Gasteiger partial charge on any atom is -0.335 e. The Morgan fingerprint density at radius 1 is 1.40 bits per heavy atom. The largest absolute Gasteiger partial charge is 0.335 e. The van der Waals surface area contributed by atoms with E-state index in [0.717, 1.165) is 0 Å². The lowest BCUT2D eigenvalue weighted by molar-refractivity contribution is -0.387. The average molecular weight is 284 g/mol. The Morgan fingerprint density at radius 2 is 2.00 bits per heavy atom. The highest BCUT2D eigenvalue weighted by Gasteiger charge is 2.24. The molecule has 1 aromatic rings. The molecule has 0 aromatic heterocycles. The molecule has 0 saturated heterocycles. The fourth-order valence-electron chi connectivity index (χ4n) is 1.66. The van der Waals surface area contributed by atoms with Crippen LogP contribution in [0.2, 0.25) is 0 Å². The van der Waals surface area contributed by atoms with Gasteiger partial charge in [0.1, 0.15) is 5.82 Å². The topological polar surface area (TPSA) is 63.5 Å². The molecule has 0 unspecified atom stereocenters. The molecule has 0 N–H and O–H groups in total. The van der Waals surface area contributed by atoms with Gasteiger partial charge in [-0.1, -0.05) is 12.2 Å². The van der Waals surface area contributed by atoms with E-state index in [1.807, 2.05) is 0 Å². The van der Waals surface area contributed by atoms with Crippen LogP contribution in [0.5, 0.6) is 0 Å². The van der Waals surface area contributed by atoms with Gasteiger partial charge < -0.3 is 4.90 Å². The third kappa shape index (κ3) is 3.37. The highest BCUT2D eigenvalue weighted by molar-refractivity contribution is 5.95. The third-order valence-electron chi connectivity index (χ3n) is 2.59. The Labute approximate surface area is 114 Å². The van der Waals surface area contributed by atoms with E-state index in [0.29, 0.717) is 17.7 Å². The quantitative estimate of drug-likeness (QED) is 0.474. The molecule has 7 heteroatoms. The van der Waals surface area contributed by atoms with E-state index < -0.39 is 33.7 Å². The summed E-state index contributed by atoms with van der Waals surface area (Å²) in [5.41, 5.74) is -0.846. The summed E-state index contributed by atoms with van der Waals surface area (Å²) in [4.78, 5) is 22.8. The summed E-state index contributed by atoms with van der Waals surface area (Å²) in [6.07, 6.45) is 0. The van der Waals surface area contributed by atoms with Gasteiger partial charge in [0, 0.05) is 13.1 Å². The zero-order chi connectivity index (χ0) is 15.4. The van der Waals surface area contributed by atoms with Crippen LogP contribution in [0.15, 0.2) is 24.3 Å². The van der Waals surface area contributed by atoms with Gasteiger partial charge in [-0.25, -0.2) is 4.39 Å². The van der Waals surface area contributed by atoms with Crippen molar-refractivity contribution in [2.45, 2.75) is 13.8 Å². The molecule has 0 atom stereocenters. The van der Waals surface area contributed by atoms with Crippen molar-refractivity contribution in [2.24, 2.45) is 0 Å². The predicted octanol–water partition coefficient (Wildman–Crippen LogP) is 2.91. The van der Waals surface area contributed by atoms with Gasteiger partial charge >= 0.3 is 5.69 Å². The van der Waals surface area contributed by atoms with Crippen molar-refractivity contribution < 1.29 is 18.5 Å². The highest BCUT2D eigenvalue weighted by Crippen LogP contribution is 2.22. The molecule has 5 nitrogen and oxygen atoms in total. The number of nitro benzene ring substituents is 1. The molecule has 1 amide bonds. The first kappa shape index (κ1) is 15.7. The predicted molar refractivity (Wildman–Crippen MR) is 69.4 cm³/mol. The van der Waals surface area contributed by atoms with Gasteiger partial charge in [0.15, 0.2) is 0 Å². The van der Waals surface area contributed by atoms with Crippen LogP contribution in [-0.2, 0) is 0 Å². The molecule has 0 bridgehead atoms. The van der Waals surface area contributed by atoms with Crippen LogP contribution in [0.1, 0.15) is 24.2 Å². The Hall–Kier alpha value is -2.31. The van der Waals surface area contributed by atoms with Gasteiger partial charge in [0.2, 0.25) is 5.82 Å². The molecular weight excluding hydrogens is 270 g/mol. The molecule has 0 aliphatic heterocycles. The fourth-order valence-corrected chi connectivity index (χ4v) is 1.66. The second-order valence-corrected chi connectivity index (χ2v) is 4.32. The number of rotatable bonds is 5. The minimum atomic E-state index is -1.24. The van der Waals surface area contributed by atoms with E-state index >= 15 is 0 Å². The molecule has 0 heterocycles. The second-order valence-electron chi connectivity index (χ2n) is 4.32. The van der Waals surface area contributed by atoms with Gasteiger partial charge in [-0.2, -0.15) is 4.39 Å². The Bertz CT molecular complexity index is 573. The first-order valence-corrected chi connectivity index (χ1v) is 5.85. The van der Waals surface area contributed by atoms with E-state index in [9.17, 15) is 23.7 Å². The Morgan fingerprint density at radius 3 is 2.45 bits per heavy atom. The number of nitrogens with zero attached hydrogens (tertiary/aromatic N) is 2. The van der Waals surface area contributed by atoms with Gasteiger partial charge in [-0.3, -0.25) is 14.9 Å². The SMILES string of the molecule is C=C(C)CN(CC)C(=O)c1cc(F)c([N+](=O)[O-])cc1F. The normalized spacial score (nSPS) is 10.2. The summed E-state index contributed by atoms with van der Waals surface area (Å²) in [5.74, 6) is -3.10. The van der Waals surface area contributed by atoms with Gasteiger partial charge in [0.05, 0.1) is 16.6 Å². The Kier molecular flexibility index (Phi) is 4.90. The highest BCUT2D eigenvalue weighted by atomic mass is 19.1. The van der Waals surface area contributed by atoms with Crippen molar-refractivity contribution >= 4 is 11.6 Å². The van der Waals surface area contributed by atoms with E-state index in [1.54, 1.807) is 13.8 Å². The maximum Gasteiger partial charge on any atom is 0.307 e. The molecule has 0 fully saturated rings. The summed E-state index contributed by atoms with van der Waals surface area (Å²) in [5, 5.41) is 10.5. The lowest BCUT2D eigenvalue weighted by Crippen LogP contribution is -2.32. The van der Waals surface area contributed by atoms with Crippen LogP contribution >= 0.6 is 0 Å². The number of hydrogen-bond donors (Lipinski definition) is 0. The summed E-state index contributed by atoms with van der Waals surface area (Å²) in [6.45, 7) is 7.51. The molecule has 108 valence electrons. The van der Waals surface area contributed by atoms with Crippen molar-refractivity contribution in [3.05, 3.63) is 51.6 Å². The first-order chi connectivity index (χ1) is 9.27. The molecule has 1 rings (SSSR count). The minimum absolute atomic E-state index is 0.202. The fraction of sp³-hybridized carbons (Fsp3) is 0.308. The van der Waals surface area contributed by atoms with Crippen molar-refractivity contribution in [3.63, 3.8) is 0 Å². The van der Waals surface area contributed by atoms with Gasteiger partial charge in [0.25, 0.3) is 5.91 Å². The number of halogens is 2. The number of likely N-dealkylation sites (N-methyl/N-ethyl adjacent to an activating group) is 1. The van der Waals surface area contributed by atoms with Crippen LogP contribution < -0.4 is 0 Å². The molecule has 1 aromatic carbocycles. The molecule has 0 aliphatic carbocycles. The molecule has 0 aliphatic rings. The van der Waals surface area contributed by atoms with E-state index in [4.69, 9.17) is 0 Å². The van der Waals surface area contributed by atoms with Gasteiger partial charge in [-0.05, 0) is 19.9 Å². The number of carbonyl (C=O) groups excluding carboxylic acids is 1. The zero-order valence-corrected chi connectivity index (χ0v) is 11.2. The monoisotopic (exact) mass is 284 g/mol.